The van der Waals surface area contributed by atoms with Crippen molar-refractivity contribution in [2.45, 2.75) is 19.6 Å². The smallest absolute Gasteiger partial charge is 0.0713 e. The van der Waals surface area contributed by atoms with Crippen LogP contribution in [0.4, 0.5) is 0 Å². The maximum Gasteiger partial charge on any atom is 0.0713 e. The van der Waals surface area contributed by atoms with Gasteiger partial charge in [0.25, 0.3) is 0 Å². The van der Waals surface area contributed by atoms with Crippen molar-refractivity contribution < 1.29 is 4.74 Å². The molecule has 0 spiro atoms. The van der Waals surface area contributed by atoms with Crippen molar-refractivity contribution in [3.05, 3.63) is 35.4 Å². The lowest BCUT2D eigenvalue weighted by molar-refractivity contribution is 0.185. The third-order valence-electron chi connectivity index (χ3n) is 2.33. The largest absolute Gasteiger partial charge is 0.380 e. The first-order valence-electron chi connectivity index (χ1n) is 5.63. The van der Waals surface area contributed by atoms with E-state index in [1.165, 1.54) is 23.3 Å². The van der Waals surface area contributed by atoms with Gasteiger partial charge >= 0.3 is 0 Å². The van der Waals surface area contributed by atoms with Gasteiger partial charge in [-0.2, -0.15) is 11.8 Å². The summed E-state index contributed by atoms with van der Waals surface area (Å²) in [6, 6.07) is 8.54. The second-order valence-corrected chi connectivity index (χ2v) is 4.76. The van der Waals surface area contributed by atoms with Gasteiger partial charge in [0, 0.05) is 13.7 Å². The molecule has 0 saturated heterocycles. The molecule has 0 aliphatic carbocycles. The summed E-state index contributed by atoms with van der Waals surface area (Å²) < 4.78 is 5.12. The summed E-state index contributed by atoms with van der Waals surface area (Å²) in [6.07, 6.45) is 3.38. The highest BCUT2D eigenvalue weighted by molar-refractivity contribution is 7.98. The highest BCUT2D eigenvalue weighted by atomic mass is 32.2. The third-order valence-corrected chi connectivity index (χ3v) is 3.03. The van der Waals surface area contributed by atoms with Gasteiger partial charge in [-0.15, -0.1) is 0 Å². The maximum absolute atomic E-state index is 5.12. The molecule has 0 heterocycles. The molecule has 2 nitrogen and oxygen atoms in total. The molecule has 1 rings (SSSR count). The molecule has 1 aromatic rings. The molecular formula is C13H21NOS. The van der Waals surface area contributed by atoms with Crippen LogP contribution in [0.3, 0.4) is 0 Å². The summed E-state index contributed by atoms with van der Waals surface area (Å²) in [7, 11) is 1.73. The SMILES string of the molecule is COCc1cccc(CNCCCSC)c1. The fourth-order valence-electron chi connectivity index (χ4n) is 1.57. The molecule has 0 fully saturated rings. The predicted molar refractivity (Wildman–Crippen MR) is 71.9 cm³/mol. The maximum atomic E-state index is 5.12. The van der Waals surface area contributed by atoms with E-state index in [1.54, 1.807) is 7.11 Å². The summed E-state index contributed by atoms with van der Waals surface area (Å²) in [6.45, 7) is 2.74. The van der Waals surface area contributed by atoms with Crippen LogP contribution in [0.25, 0.3) is 0 Å². The number of nitrogens with one attached hydrogen (secondary N) is 1. The van der Waals surface area contributed by atoms with Crippen LogP contribution in [0.5, 0.6) is 0 Å². The fourth-order valence-corrected chi connectivity index (χ4v) is 2.00. The predicted octanol–water partition coefficient (Wildman–Crippen LogP) is 2.68. The Hall–Kier alpha value is -0.510. The fraction of sp³-hybridized carbons (Fsp3) is 0.538. The van der Waals surface area contributed by atoms with Gasteiger partial charge < -0.3 is 10.1 Å². The van der Waals surface area contributed by atoms with Crippen LogP contribution in [0, 0.1) is 0 Å². The van der Waals surface area contributed by atoms with Crippen LogP contribution in [0.2, 0.25) is 0 Å². The zero-order chi connectivity index (χ0) is 11.6. The van der Waals surface area contributed by atoms with Crippen LogP contribution < -0.4 is 5.32 Å². The monoisotopic (exact) mass is 239 g/mol. The number of hydrogen-bond donors (Lipinski definition) is 1. The van der Waals surface area contributed by atoms with E-state index in [0.29, 0.717) is 6.61 Å². The summed E-state index contributed by atoms with van der Waals surface area (Å²) in [5.41, 5.74) is 2.57. The Bertz CT molecular complexity index is 291. The molecule has 0 aromatic heterocycles. The second kappa shape index (κ2) is 8.62. The third kappa shape index (κ3) is 5.54. The minimum absolute atomic E-state index is 0.695. The molecule has 0 atom stereocenters. The topological polar surface area (TPSA) is 21.3 Å². The Labute approximate surface area is 103 Å². The highest BCUT2D eigenvalue weighted by Gasteiger charge is 1.95. The van der Waals surface area contributed by atoms with Crippen molar-refractivity contribution in [1.29, 1.82) is 0 Å². The van der Waals surface area contributed by atoms with Crippen molar-refractivity contribution in [3.63, 3.8) is 0 Å². The van der Waals surface area contributed by atoms with Gasteiger partial charge in [0.05, 0.1) is 6.61 Å². The zero-order valence-electron chi connectivity index (χ0n) is 10.2. The molecule has 16 heavy (non-hydrogen) atoms. The van der Waals surface area contributed by atoms with Gasteiger partial charge in [-0.05, 0) is 36.1 Å². The van der Waals surface area contributed by atoms with Crippen LogP contribution in [-0.4, -0.2) is 25.7 Å². The minimum atomic E-state index is 0.695. The standard InChI is InChI=1S/C13H21NOS/c1-15-11-13-6-3-5-12(9-13)10-14-7-4-8-16-2/h3,5-6,9,14H,4,7-8,10-11H2,1-2H3. The number of rotatable bonds is 8. The highest BCUT2D eigenvalue weighted by Crippen LogP contribution is 2.06. The first kappa shape index (κ1) is 13.6. The van der Waals surface area contributed by atoms with E-state index < -0.39 is 0 Å². The number of thioether (sulfide) groups is 1. The first-order valence-corrected chi connectivity index (χ1v) is 7.02. The van der Waals surface area contributed by atoms with E-state index in [0.717, 1.165) is 13.1 Å². The van der Waals surface area contributed by atoms with Gasteiger partial charge in [0.1, 0.15) is 0 Å². The lowest BCUT2D eigenvalue weighted by atomic mass is 10.1. The molecular weight excluding hydrogens is 218 g/mol. The lowest BCUT2D eigenvalue weighted by Gasteiger charge is -2.06. The quantitative estimate of drug-likeness (QED) is 0.705. The van der Waals surface area contributed by atoms with E-state index in [9.17, 15) is 0 Å². The van der Waals surface area contributed by atoms with Crippen molar-refractivity contribution in [2.24, 2.45) is 0 Å². The van der Waals surface area contributed by atoms with E-state index >= 15 is 0 Å². The molecule has 0 aliphatic rings. The molecule has 3 heteroatoms. The first-order chi connectivity index (χ1) is 7.86. The van der Waals surface area contributed by atoms with E-state index in [-0.39, 0.29) is 0 Å². The molecule has 0 unspecified atom stereocenters. The number of methoxy groups -OCH3 is 1. The van der Waals surface area contributed by atoms with Gasteiger partial charge in [-0.3, -0.25) is 0 Å². The number of benzene rings is 1. The Morgan fingerprint density at radius 3 is 2.88 bits per heavy atom. The van der Waals surface area contributed by atoms with Crippen LogP contribution in [-0.2, 0) is 17.9 Å². The number of hydrogen-bond acceptors (Lipinski definition) is 3. The Kier molecular flexibility index (Phi) is 7.30. The molecule has 0 bridgehead atoms. The molecule has 90 valence electrons. The zero-order valence-corrected chi connectivity index (χ0v) is 11.0. The van der Waals surface area contributed by atoms with E-state index in [2.05, 4.69) is 35.8 Å². The molecule has 0 amide bonds. The molecule has 0 saturated carbocycles. The second-order valence-electron chi connectivity index (χ2n) is 3.78. The van der Waals surface area contributed by atoms with Gasteiger partial charge in [0.2, 0.25) is 0 Å². The summed E-state index contributed by atoms with van der Waals surface area (Å²) in [5, 5.41) is 3.45. The summed E-state index contributed by atoms with van der Waals surface area (Å²) in [4.78, 5) is 0. The summed E-state index contributed by atoms with van der Waals surface area (Å²) >= 11 is 1.90. The average Bonchev–Trinajstić information content (AvgIpc) is 2.30. The van der Waals surface area contributed by atoms with Gasteiger partial charge in [-0.1, -0.05) is 24.3 Å². The molecule has 0 aliphatic heterocycles. The van der Waals surface area contributed by atoms with Crippen LogP contribution >= 0.6 is 11.8 Å². The van der Waals surface area contributed by atoms with Crippen LogP contribution in [0.1, 0.15) is 17.5 Å². The minimum Gasteiger partial charge on any atom is -0.380 e. The van der Waals surface area contributed by atoms with E-state index in [1.807, 2.05) is 11.8 Å². The van der Waals surface area contributed by atoms with Gasteiger partial charge in [-0.25, -0.2) is 0 Å². The Morgan fingerprint density at radius 1 is 1.31 bits per heavy atom. The average molecular weight is 239 g/mol. The van der Waals surface area contributed by atoms with Gasteiger partial charge in [0.15, 0.2) is 0 Å². The van der Waals surface area contributed by atoms with Crippen molar-refractivity contribution >= 4 is 11.8 Å². The van der Waals surface area contributed by atoms with Crippen molar-refractivity contribution in [3.8, 4) is 0 Å². The Balaban J connectivity index is 2.27. The molecule has 0 radical (unpaired) electrons. The van der Waals surface area contributed by atoms with Crippen molar-refractivity contribution in [1.82, 2.24) is 5.32 Å². The van der Waals surface area contributed by atoms with E-state index in [4.69, 9.17) is 4.74 Å². The molecule has 1 aromatic carbocycles. The normalized spacial score (nSPS) is 10.6. The lowest BCUT2D eigenvalue weighted by Crippen LogP contribution is -2.15. The summed E-state index contributed by atoms with van der Waals surface area (Å²) in [5.74, 6) is 1.23. The Morgan fingerprint density at radius 2 is 2.12 bits per heavy atom. The van der Waals surface area contributed by atoms with Crippen LogP contribution in [0.15, 0.2) is 24.3 Å². The molecule has 1 N–H and O–H groups in total. The van der Waals surface area contributed by atoms with Crippen molar-refractivity contribution in [2.75, 3.05) is 25.7 Å². The number of ether oxygens (including phenoxy) is 1.